The molecular weight excluding hydrogens is 313 g/mol. The molecule has 1 aromatic rings. The van der Waals surface area contributed by atoms with Crippen LogP contribution in [0.3, 0.4) is 0 Å². The fraction of sp³-hybridized carbons (Fsp3) is 0.533. The summed E-state index contributed by atoms with van der Waals surface area (Å²) in [6.45, 7) is 6.27. The van der Waals surface area contributed by atoms with E-state index in [1.165, 1.54) is 0 Å². The van der Waals surface area contributed by atoms with Gasteiger partial charge in [0, 0.05) is 17.1 Å². The molecule has 2 unspecified atom stereocenters. The van der Waals surface area contributed by atoms with Gasteiger partial charge in [-0.15, -0.1) is 0 Å². The van der Waals surface area contributed by atoms with E-state index in [0.29, 0.717) is 10.0 Å². The van der Waals surface area contributed by atoms with E-state index in [4.69, 9.17) is 41.6 Å². The Kier molecular flexibility index (Phi) is 6.26. The maximum absolute atomic E-state index is 11.4. The van der Waals surface area contributed by atoms with Crippen molar-refractivity contribution in [3.05, 3.63) is 33.8 Å². The molecule has 2 N–H and O–H groups in total. The van der Waals surface area contributed by atoms with Crippen molar-refractivity contribution in [3.8, 4) is 0 Å². The lowest BCUT2D eigenvalue weighted by atomic mass is 9.73. The largest absolute Gasteiger partial charge is 0.742 e. The third-order valence-corrected chi connectivity index (χ3v) is 4.91. The van der Waals surface area contributed by atoms with Gasteiger partial charge in [0.25, 0.3) is 0 Å². The summed E-state index contributed by atoms with van der Waals surface area (Å²) in [5.74, 6) is -0.148. The fourth-order valence-electron chi connectivity index (χ4n) is 2.16. The molecule has 0 aliphatic rings. The monoisotopic (exact) mass is 332 g/mol. The minimum Gasteiger partial charge on any atom is -0.742 e. The lowest BCUT2D eigenvalue weighted by Crippen LogP contribution is -2.42. The highest BCUT2D eigenvalue weighted by molar-refractivity contribution is 7.77. The SMILES string of the molecule is CCC(C)(C)C(N)C(CC(=O)[S-])c1ccc(Cl)c(Cl)c1. The quantitative estimate of drug-likeness (QED) is 0.789. The van der Waals surface area contributed by atoms with Crippen LogP contribution < -0.4 is 5.73 Å². The third-order valence-electron chi connectivity index (χ3n) is 4.01. The first-order valence-electron chi connectivity index (χ1n) is 6.59. The number of carbonyl (C=O) groups is 1. The van der Waals surface area contributed by atoms with Crippen LogP contribution in [0.15, 0.2) is 18.2 Å². The number of hydrogen-bond donors (Lipinski definition) is 1. The van der Waals surface area contributed by atoms with Crippen LogP contribution in [0.2, 0.25) is 10.0 Å². The molecule has 0 saturated heterocycles. The molecule has 0 radical (unpaired) electrons. The molecule has 0 aliphatic carbocycles. The Balaban J connectivity index is 3.17. The first-order chi connectivity index (χ1) is 9.19. The summed E-state index contributed by atoms with van der Waals surface area (Å²) in [7, 11) is 0. The van der Waals surface area contributed by atoms with E-state index in [1.807, 2.05) is 6.07 Å². The van der Waals surface area contributed by atoms with Crippen LogP contribution in [-0.4, -0.2) is 11.2 Å². The maximum Gasteiger partial charge on any atom is 0.0595 e. The van der Waals surface area contributed by atoms with Gasteiger partial charge >= 0.3 is 0 Å². The van der Waals surface area contributed by atoms with Gasteiger partial charge in [-0.05, 0) is 36.0 Å². The van der Waals surface area contributed by atoms with E-state index in [9.17, 15) is 4.79 Å². The first-order valence-corrected chi connectivity index (χ1v) is 7.75. The molecular formula is C15H20Cl2NOS-. The van der Waals surface area contributed by atoms with Crippen molar-refractivity contribution < 1.29 is 4.79 Å². The van der Waals surface area contributed by atoms with E-state index in [2.05, 4.69) is 20.8 Å². The predicted molar refractivity (Wildman–Crippen MR) is 88.2 cm³/mol. The predicted octanol–water partition coefficient (Wildman–Crippen LogP) is 4.30. The molecule has 0 bridgehead atoms. The van der Waals surface area contributed by atoms with Crippen molar-refractivity contribution in [2.45, 2.75) is 45.6 Å². The van der Waals surface area contributed by atoms with Crippen molar-refractivity contribution >= 4 is 40.9 Å². The summed E-state index contributed by atoms with van der Waals surface area (Å²) in [4.78, 5) is 11.4. The zero-order valence-corrected chi connectivity index (χ0v) is 14.3. The molecule has 1 aromatic carbocycles. The number of carbonyl (C=O) groups excluding carboxylic acids is 1. The second-order valence-electron chi connectivity index (χ2n) is 5.72. The van der Waals surface area contributed by atoms with Gasteiger partial charge in [-0.2, -0.15) is 0 Å². The third kappa shape index (κ3) is 4.32. The lowest BCUT2D eigenvalue weighted by molar-refractivity contribution is -0.111. The average molecular weight is 333 g/mol. The summed E-state index contributed by atoms with van der Waals surface area (Å²) in [5.41, 5.74) is 7.21. The smallest absolute Gasteiger partial charge is 0.0595 e. The van der Waals surface area contributed by atoms with Crippen molar-refractivity contribution in [1.29, 1.82) is 0 Å². The van der Waals surface area contributed by atoms with Gasteiger partial charge in [0.15, 0.2) is 0 Å². The Hall–Kier alpha value is -0.350. The van der Waals surface area contributed by atoms with Gasteiger partial charge in [-0.3, -0.25) is 0 Å². The van der Waals surface area contributed by atoms with Crippen LogP contribution in [0.4, 0.5) is 0 Å². The molecule has 112 valence electrons. The van der Waals surface area contributed by atoms with Crippen LogP contribution >= 0.6 is 23.2 Å². The minimum absolute atomic E-state index is 0.0957. The number of nitrogens with two attached hydrogens (primary N) is 1. The molecule has 0 saturated carbocycles. The summed E-state index contributed by atoms with van der Waals surface area (Å²) in [5, 5.41) is 0.665. The minimum atomic E-state index is -0.288. The van der Waals surface area contributed by atoms with Crippen LogP contribution in [0.25, 0.3) is 0 Å². The highest BCUT2D eigenvalue weighted by atomic mass is 35.5. The van der Waals surface area contributed by atoms with Crippen molar-refractivity contribution in [1.82, 2.24) is 0 Å². The molecule has 20 heavy (non-hydrogen) atoms. The van der Waals surface area contributed by atoms with Gasteiger partial charge in [0.05, 0.1) is 10.0 Å². The molecule has 0 aromatic heterocycles. The molecule has 0 fully saturated rings. The van der Waals surface area contributed by atoms with Crippen molar-refractivity contribution in [3.63, 3.8) is 0 Å². The van der Waals surface area contributed by atoms with Gasteiger partial charge in [-0.1, -0.05) is 50.0 Å². The number of benzene rings is 1. The summed E-state index contributed by atoms with van der Waals surface area (Å²) in [6.07, 6.45) is 1.15. The maximum atomic E-state index is 11.4. The molecule has 0 aliphatic heterocycles. The Morgan fingerprint density at radius 1 is 1.35 bits per heavy atom. The highest BCUT2D eigenvalue weighted by Gasteiger charge is 2.32. The Labute approximate surface area is 136 Å². The van der Waals surface area contributed by atoms with Crippen LogP contribution in [0.5, 0.6) is 0 Å². The standard InChI is InChI=1S/C15H21Cl2NOS/c1-4-15(2,3)14(18)10(8-13(19)20)9-5-6-11(16)12(17)7-9/h5-7,10,14H,4,8,18H2,1-3H3,(H,19,20)/p-1. The van der Waals surface area contributed by atoms with E-state index >= 15 is 0 Å². The molecule has 0 amide bonds. The normalized spacial score (nSPS) is 14.9. The van der Waals surface area contributed by atoms with Crippen molar-refractivity contribution in [2.75, 3.05) is 0 Å². The molecule has 1 rings (SSSR count). The molecule has 2 nitrogen and oxygen atoms in total. The summed E-state index contributed by atoms with van der Waals surface area (Å²) >= 11 is 16.7. The molecule has 0 spiro atoms. The van der Waals surface area contributed by atoms with E-state index in [1.54, 1.807) is 12.1 Å². The fourth-order valence-corrected chi connectivity index (χ4v) is 2.64. The van der Waals surface area contributed by atoms with Gasteiger partial charge < -0.3 is 23.2 Å². The van der Waals surface area contributed by atoms with E-state index in [0.717, 1.165) is 12.0 Å². The number of hydrogen-bond acceptors (Lipinski definition) is 3. The Bertz CT molecular complexity index is 491. The topological polar surface area (TPSA) is 43.1 Å². The summed E-state index contributed by atoms with van der Waals surface area (Å²) < 4.78 is 0. The Morgan fingerprint density at radius 2 is 1.95 bits per heavy atom. The second-order valence-corrected chi connectivity index (χ2v) is 6.99. The lowest BCUT2D eigenvalue weighted by Gasteiger charge is -2.37. The number of rotatable bonds is 6. The van der Waals surface area contributed by atoms with Crippen LogP contribution in [0, 0.1) is 5.41 Å². The second kappa shape index (κ2) is 7.08. The summed E-state index contributed by atoms with van der Waals surface area (Å²) in [6, 6.07) is 5.18. The molecule has 0 heterocycles. The molecule has 2 atom stereocenters. The first kappa shape index (κ1) is 17.7. The number of halogens is 2. The van der Waals surface area contributed by atoms with Crippen LogP contribution in [0.1, 0.15) is 45.1 Å². The van der Waals surface area contributed by atoms with Gasteiger partial charge in [-0.25, -0.2) is 0 Å². The average Bonchev–Trinajstić information content (AvgIpc) is 2.38. The highest BCUT2D eigenvalue weighted by Crippen LogP contribution is 2.37. The van der Waals surface area contributed by atoms with Gasteiger partial charge in [0.2, 0.25) is 0 Å². The zero-order valence-electron chi connectivity index (χ0n) is 12.0. The van der Waals surface area contributed by atoms with Crippen LogP contribution in [-0.2, 0) is 17.4 Å². The zero-order chi connectivity index (χ0) is 15.5. The molecule has 5 heteroatoms. The van der Waals surface area contributed by atoms with Crippen molar-refractivity contribution in [2.24, 2.45) is 11.1 Å². The van der Waals surface area contributed by atoms with E-state index in [-0.39, 0.29) is 28.9 Å². The Morgan fingerprint density at radius 3 is 2.40 bits per heavy atom. The van der Waals surface area contributed by atoms with E-state index < -0.39 is 0 Å². The van der Waals surface area contributed by atoms with Gasteiger partial charge in [0.1, 0.15) is 0 Å².